The van der Waals surface area contributed by atoms with Gasteiger partial charge >= 0.3 is 0 Å². The van der Waals surface area contributed by atoms with Gasteiger partial charge in [-0.15, -0.1) is 0 Å². The summed E-state index contributed by atoms with van der Waals surface area (Å²) in [5.41, 5.74) is 3.42. The number of rotatable bonds is 5. The highest BCUT2D eigenvalue weighted by Gasteiger charge is 2.12. The van der Waals surface area contributed by atoms with Crippen LogP contribution < -0.4 is 10.9 Å². The number of anilines is 1. The first-order chi connectivity index (χ1) is 16.0. The van der Waals surface area contributed by atoms with E-state index in [9.17, 15) is 13.6 Å². The largest absolute Gasteiger partial charge is 0.361 e. The first-order valence-corrected chi connectivity index (χ1v) is 10.00. The normalized spacial score (nSPS) is 11.1. The van der Waals surface area contributed by atoms with Gasteiger partial charge < -0.3 is 9.88 Å². The monoisotopic (exact) mass is 445 g/mol. The number of aromatic nitrogens is 6. The van der Waals surface area contributed by atoms with Crippen LogP contribution in [0.15, 0.2) is 72.0 Å². The fourth-order valence-corrected chi connectivity index (χ4v) is 3.49. The van der Waals surface area contributed by atoms with Crippen LogP contribution in [0.5, 0.6) is 0 Å². The zero-order valence-corrected chi connectivity index (χ0v) is 17.4. The van der Waals surface area contributed by atoms with Crippen molar-refractivity contribution in [3.8, 4) is 22.5 Å². The number of benzene rings is 1. The minimum atomic E-state index is -0.660. The van der Waals surface area contributed by atoms with Gasteiger partial charge in [0.2, 0.25) is 5.56 Å². The molecule has 5 rings (SSSR count). The lowest BCUT2D eigenvalue weighted by Gasteiger charge is -2.08. The molecular weight excluding hydrogens is 428 g/mol. The minimum Gasteiger partial charge on any atom is -0.361 e. The van der Waals surface area contributed by atoms with E-state index in [1.807, 2.05) is 12.1 Å². The second-order valence-electron chi connectivity index (χ2n) is 7.40. The van der Waals surface area contributed by atoms with Crippen LogP contribution >= 0.6 is 0 Å². The molecule has 0 saturated carbocycles. The molecule has 0 aliphatic heterocycles. The van der Waals surface area contributed by atoms with Crippen LogP contribution in [-0.2, 0) is 13.6 Å². The van der Waals surface area contributed by atoms with Crippen LogP contribution in [0.3, 0.4) is 0 Å². The summed E-state index contributed by atoms with van der Waals surface area (Å²) in [4.78, 5) is 20.2. The summed E-state index contributed by atoms with van der Waals surface area (Å²) in [6.07, 6.45) is 6.49. The summed E-state index contributed by atoms with van der Waals surface area (Å²) in [6.45, 7) is 0.337. The second kappa shape index (κ2) is 8.23. The summed E-state index contributed by atoms with van der Waals surface area (Å²) < 4.78 is 30.5. The van der Waals surface area contributed by atoms with Crippen LogP contribution in [0.4, 0.5) is 14.6 Å². The highest BCUT2D eigenvalue weighted by Crippen LogP contribution is 2.25. The smallest absolute Gasteiger partial charge is 0.250 e. The predicted octanol–water partition coefficient (Wildman–Crippen LogP) is 3.44. The van der Waals surface area contributed by atoms with E-state index in [0.717, 1.165) is 11.6 Å². The number of hydrogen-bond acceptors (Lipinski definition) is 6. The molecule has 4 heterocycles. The Morgan fingerprint density at radius 3 is 2.52 bits per heavy atom. The Hall–Kier alpha value is -4.47. The van der Waals surface area contributed by atoms with Gasteiger partial charge in [-0.1, -0.05) is 0 Å². The van der Waals surface area contributed by atoms with Gasteiger partial charge in [0.05, 0.1) is 29.8 Å². The number of pyridine rings is 1. The van der Waals surface area contributed by atoms with Crippen molar-refractivity contribution < 1.29 is 8.78 Å². The van der Waals surface area contributed by atoms with Crippen molar-refractivity contribution in [1.29, 1.82) is 0 Å². The number of nitrogens with one attached hydrogen (secondary N) is 1. The number of fused-ring (bicyclic) bond motifs is 1. The van der Waals surface area contributed by atoms with Crippen molar-refractivity contribution >= 4 is 11.5 Å². The Balaban J connectivity index is 1.37. The van der Waals surface area contributed by atoms with E-state index in [-0.39, 0.29) is 5.56 Å². The van der Waals surface area contributed by atoms with E-state index in [1.54, 1.807) is 36.1 Å². The lowest BCUT2D eigenvalue weighted by molar-refractivity contribution is 0.584. The molecule has 8 nitrogen and oxygen atoms in total. The molecule has 0 saturated heterocycles. The van der Waals surface area contributed by atoms with Crippen molar-refractivity contribution in [2.24, 2.45) is 7.05 Å². The lowest BCUT2D eigenvalue weighted by atomic mass is 10.1. The lowest BCUT2D eigenvalue weighted by Crippen LogP contribution is -2.14. The molecule has 0 unspecified atom stereocenters. The summed E-state index contributed by atoms with van der Waals surface area (Å²) in [6, 6.07) is 10.2. The van der Waals surface area contributed by atoms with Gasteiger partial charge in [-0.3, -0.25) is 9.20 Å². The van der Waals surface area contributed by atoms with Crippen molar-refractivity contribution in [1.82, 2.24) is 29.1 Å². The molecule has 0 radical (unpaired) electrons. The Labute approximate surface area is 186 Å². The molecule has 0 spiro atoms. The quantitative estimate of drug-likeness (QED) is 0.446. The third-order valence-corrected chi connectivity index (χ3v) is 5.12. The molecule has 0 aliphatic carbocycles. The fraction of sp³-hybridized carbons (Fsp3) is 0.0870. The Morgan fingerprint density at radius 1 is 0.970 bits per heavy atom. The molecule has 1 N–H and O–H groups in total. The molecule has 0 fully saturated rings. The fourth-order valence-electron chi connectivity index (χ4n) is 3.49. The zero-order chi connectivity index (χ0) is 22.9. The molecule has 4 aromatic heterocycles. The van der Waals surface area contributed by atoms with Crippen LogP contribution in [0.25, 0.3) is 28.2 Å². The third-order valence-electron chi connectivity index (χ3n) is 5.12. The molecule has 0 amide bonds. The van der Waals surface area contributed by atoms with E-state index >= 15 is 0 Å². The molecular formula is C23H17F2N7O. The average Bonchev–Trinajstić information content (AvgIpc) is 3.24. The molecule has 33 heavy (non-hydrogen) atoms. The Kier molecular flexibility index (Phi) is 5.09. The maximum Gasteiger partial charge on any atom is 0.250 e. The van der Waals surface area contributed by atoms with Crippen LogP contribution in [0.1, 0.15) is 5.69 Å². The van der Waals surface area contributed by atoms with E-state index in [1.165, 1.54) is 29.0 Å². The van der Waals surface area contributed by atoms with E-state index in [4.69, 9.17) is 0 Å². The van der Waals surface area contributed by atoms with Crippen molar-refractivity contribution in [2.45, 2.75) is 6.54 Å². The van der Waals surface area contributed by atoms with E-state index in [0.29, 0.717) is 40.7 Å². The molecule has 0 atom stereocenters. The first-order valence-electron chi connectivity index (χ1n) is 10.00. The van der Waals surface area contributed by atoms with Gasteiger partial charge in [0, 0.05) is 48.9 Å². The van der Waals surface area contributed by atoms with Crippen molar-refractivity contribution in [2.75, 3.05) is 5.32 Å². The molecule has 5 aromatic rings. The van der Waals surface area contributed by atoms with Crippen LogP contribution in [-0.4, -0.2) is 29.1 Å². The topological polar surface area (TPSA) is 90.0 Å². The van der Waals surface area contributed by atoms with Crippen LogP contribution in [0.2, 0.25) is 0 Å². The third kappa shape index (κ3) is 4.05. The van der Waals surface area contributed by atoms with Gasteiger partial charge in [0.1, 0.15) is 11.6 Å². The molecule has 10 heteroatoms. The number of imidazole rings is 1. The van der Waals surface area contributed by atoms with Crippen LogP contribution in [0, 0.1) is 11.6 Å². The number of aryl methyl sites for hydroxylation is 1. The summed E-state index contributed by atoms with van der Waals surface area (Å²) >= 11 is 0. The maximum absolute atomic E-state index is 13.7. The number of halogens is 2. The summed E-state index contributed by atoms with van der Waals surface area (Å²) in [5.74, 6) is -0.830. The average molecular weight is 445 g/mol. The van der Waals surface area contributed by atoms with E-state index < -0.39 is 11.6 Å². The number of nitrogens with zero attached hydrogens (tertiary/aromatic N) is 6. The predicted molar refractivity (Wildman–Crippen MR) is 118 cm³/mol. The highest BCUT2D eigenvalue weighted by molar-refractivity contribution is 5.70. The molecule has 0 bridgehead atoms. The second-order valence-corrected chi connectivity index (χ2v) is 7.40. The van der Waals surface area contributed by atoms with Crippen molar-refractivity contribution in [3.05, 3.63) is 94.9 Å². The van der Waals surface area contributed by atoms with E-state index in [2.05, 4.69) is 25.5 Å². The Morgan fingerprint density at radius 2 is 1.79 bits per heavy atom. The number of hydrogen-bond donors (Lipinski definition) is 1. The summed E-state index contributed by atoms with van der Waals surface area (Å²) in [5, 5.41) is 11.7. The maximum atomic E-state index is 13.7. The molecule has 164 valence electrons. The summed E-state index contributed by atoms with van der Waals surface area (Å²) in [7, 11) is 1.68. The Bertz CT molecular complexity index is 1510. The van der Waals surface area contributed by atoms with Gasteiger partial charge in [-0.05, 0) is 30.3 Å². The minimum absolute atomic E-state index is 0.0983. The standard InChI is InChI=1S/C23H17F2N7O/c1-31-13-14(2-5-21(31)33)19-4-3-18(29-30-19)11-27-22-23-28-12-20(32(23)7-6-26-22)15-8-16(24)10-17(25)9-15/h2-10,12-13H,11H2,1H3,(H,26,27). The van der Waals surface area contributed by atoms with Gasteiger partial charge in [-0.2, -0.15) is 10.2 Å². The first kappa shape index (κ1) is 20.4. The van der Waals surface area contributed by atoms with Crippen molar-refractivity contribution in [3.63, 3.8) is 0 Å². The molecule has 1 aromatic carbocycles. The van der Waals surface area contributed by atoms with Gasteiger partial charge in [0.15, 0.2) is 11.5 Å². The van der Waals surface area contributed by atoms with Gasteiger partial charge in [-0.25, -0.2) is 18.7 Å². The molecule has 0 aliphatic rings. The van der Waals surface area contributed by atoms with Gasteiger partial charge in [0.25, 0.3) is 0 Å². The highest BCUT2D eigenvalue weighted by atomic mass is 19.1. The SMILES string of the molecule is Cn1cc(-c2ccc(CNc3nccn4c(-c5cc(F)cc(F)c5)cnc34)nn2)ccc1=O. The zero-order valence-electron chi connectivity index (χ0n) is 17.4.